The summed E-state index contributed by atoms with van der Waals surface area (Å²) in [5, 5.41) is 2.68. The zero-order valence-corrected chi connectivity index (χ0v) is 8.81. The molecule has 0 saturated carbocycles. The molecule has 0 bridgehead atoms. The van der Waals surface area contributed by atoms with Gasteiger partial charge in [-0.3, -0.25) is 0 Å². The van der Waals surface area contributed by atoms with Gasteiger partial charge in [-0.15, -0.1) is 0 Å². The maximum Gasteiger partial charge on any atom is 0.251 e. The SMILES string of the molecule is CC(C)C(C)Nc1nc(F)c(F)cc1F. The van der Waals surface area contributed by atoms with Gasteiger partial charge in [0.15, 0.2) is 17.5 Å². The predicted molar refractivity (Wildman–Crippen MR) is 52.0 cm³/mol. The molecule has 1 N–H and O–H groups in total. The summed E-state index contributed by atoms with van der Waals surface area (Å²) in [4.78, 5) is 3.17. The molecule has 1 atom stereocenters. The van der Waals surface area contributed by atoms with Crippen LogP contribution >= 0.6 is 0 Å². The summed E-state index contributed by atoms with van der Waals surface area (Å²) >= 11 is 0. The minimum Gasteiger partial charge on any atom is -0.365 e. The summed E-state index contributed by atoms with van der Waals surface area (Å²) in [5.74, 6) is -3.49. The molecule has 1 aromatic heterocycles. The second-order valence-corrected chi connectivity index (χ2v) is 3.77. The first-order valence-corrected chi connectivity index (χ1v) is 4.70. The molecule has 0 aliphatic heterocycles. The topological polar surface area (TPSA) is 24.9 Å². The number of hydrogen-bond acceptors (Lipinski definition) is 2. The summed E-state index contributed by atoms with van der Waals surface area (Å²) in [6, 6.07) is 0.411. The number of halogens is 3. The predicted octanol–water partition coefficient (Wildman–Crippen LogP) is 2.96. The number of rotatable bonds is 3. The summed E-state index contributed by atoms with van der Waals surface area (Å²) < 4.78 is 38.4. The molecular formula is C10H13F3N2. The molecule has 1 rings (SSSR count). The molecule has 2 nitrogen and oxygen atoms in total. The number of hydrogen-bond donors (Lipinski definition) is 1. The summed E-state index contributed by atoms with van der Waals surface area (Å²) in [7, 11) is 0. The van der Waals surface area contributed by atoms with Crippen molar-refractivity contribution in [3.05, 3.63) is 23.6 Å². The molecule has 1 aromatic rings. The Kier molecular flexibility index (Phi) is 3.55. The minimum absolute atomic E-state index is 0.0724. The summed E-state index contributed by atoms with van der Waals surface area (Å²) in [5.41, 5.74) is 0. The first-order valence-electron chi connectivity index (χ1n) is 4.70. The van der Waals surface area contributed by atoms with Crippen LogP contribution in [0.4, 0.5) is 19.0 Å². The van der Waals surface area contributed by atoms with Crippen molar-refractivity contribution in [2.24, 2.45) is 5.92 Å². The average molecular weight is 218 g/mol. The lowest BCUT2D eigenvalue weighted by Gasteiger charge is -2.18. The van der Waals surface area contributed by atoms with E-state index in [1.807, 2.05) is 20.8 Å². The van der Waals surface area contributed by atoms with Crippen LogP contribution in [0, 0.1) is 23.5 Å². The highest BCUT2D eigenvalue weighted by molar-refractivity contribution is 5.37. The molecule has 0 aliphatic carbocycles. The van der Waals surface area contributed by atoms with Crippen molar-refractivity contribution < 1.29 is 13.2 Å². The molecule has 1 heterocycles. The Labute approximate surface area is 86.5 Å². The lowest BCUT2D eigenvalue weighted by Crippen LogP contribution is -2.23. The van der Waals surface area contributed by atoms with Crippen LogP contribution in [-0.4, -0.2) is 11.0 Å². The second-order valence-electron chi connectivity index (χ2n) is 3.77. The van der Waals surface area contributed by atoms with Gasteiger partial charge in [-0.05, 0) is 12.8 Å². The van der Waals surface area contributed by atoms with Crippen LogP contribution < -0.4 is 5.32 Å². The van der Waals surface area contributed by atoms with E-state index in [2.05, 4.69) is 10.3 Å². The normalized spacial score (nSPS) is 13.0. The quantitative estimate of drug-likeness (QED) is 0.789. The summed E-state index contributed by atoms with van der Waals surface area (Å²) in [6.07, 6.45) is 0. The third kappa shape index (κ3) is 2.84. The molecule has 0 saturated heterocycles. The van der Waals surface area contributed by atoms with Crippen LogP contribution in [-0.2, 0) is 0 Å². The second kappa shape index (κ2) is 4.51. The van der Waals surface area contributed by atoms with Gasteiger partial charge in [0.05, 0.1) is 0 Å². The molecule has 15 heavy (non-hydrogen) atoms. The van der Waals surface area contributed by atoms with Crippen molar-refractivity contribution in [2.75, 3.05) is 5.32 Å². The van der Waals surface area contributed by atoms with Gasteiger partial charge >= 0.3 is 0 Å². The molecule has 0 radical (unpaired) electrons. The number of anilines is 1. The van der Waals surface area contributed by atoms with Crippen molar-refractivity contribution in [2.45, 2.75) is 26.8 Å². The van der Waals surface area contributed by atoms with Gasteiger partial charge < -0.3 is 5.32 Å². The molecule has 0 amide bonds. The van der Waals surface area contributed by atoms with Crippen LogP contribution in [0.2, 0.25) is 0 Å². The maximum absolute atomic E-state index is 13.1. The smallest absolute Gasteiger partial charge is 0.251 e. The van der Waals surface area contributed by atoms with Gasteiger partial charge in [-0.2, -0.15) is 9.37 Å². The number of nitrogens with one attached hydrogen (secondary N) is 1. The largest absolute Gasteiger partial charge is 0.365 e. The van der Waals surface area contributed by atoms with E-state index in [4.69, 9.17) is 0 Å². The van der Waals surface area contributed by atoms with Crippen molar-refractivity contribution >= 4 is 5.82 Å². The molecule has 0 aromatic carbocycles. The van der Waals surface area contributed by atoms with E-state index in [9.17, 15) is 13.2 Å². The van der Waals surface area contributed by atoms with E-state index < -0.39 is 17.6 Å². The van der Waals surface area contributed by atoms with Crippen LogP contribution in [0.25, 0.3) is 0 Å². The average Bonchev–Trinajstić information content (AvgIpc) is 2.13. The highest BCUT2D eigenvalue weighted by atomic mass is 19.2. The monoisotopic (exact) mass is 218 g/mol. The van der Waals surface area contributed by atoms with Gasteiger partial charge in [0, 0.05) is 12.1 Å². The van der Waals surface area contributed by atoms with Crippen LogP contribution in [0.1, 0.15) is 20.8 Å². The Bertz CT molecular complexity index is 353. The Morgan fingerprint density at radius 1 is 1.13 bits per heavy atom. The number of nitrogens with zero attached hydrogens (tertiary/aromatic N) is 1. The van der Waals surface area contributed by atoms with Crippen LogP contribution in [0.5, 0.6) is 0 Å². The first-order chi connectivity index (χ1) is 6.91. The van der Waals surface area contributed by atoms with Crippen LogP contribution in [0.3, 0.4) is 0 Å². The van der Waals surface area contributed by atoms with E-state index in [0.29, 0.717) is 6.07 Å². The van der Waals surface area contributed by atoms with E-state index in [-0.39, 0.29) is 17.8 Å². The van der Waals surface area contributed by atoms with Gasteiger partial charge in [-0.1, -0.05) is 13.8 Å². The van der Waals surface area contributed by atoms with E-state index in [1.165, 1.54) is 0 Å². The zero-order chi connectivity index (χ0) is 11.6. The summed E-state index contributed by atoms with van der Waals surface area (Å²) in [6.45, 7) is 5.66. The Morgan fingerprint density at radius 3 is 2.27 bits per heavy atom. The Balaban J connectivity index is 2.91. The highest BCUT2D eigenvalue weighted by Crippen LogP contribution is 2.16. The molecule has 5 heteroatoms. The fourth-order valence-electron chi connectivity index (χ4n) is 0.928. The third-order valence-electron chi connectivity index (χ3n) is 2.25. The standard InChI is InChI=1S/C10H13F3N2/c1-5(2)6(3)14-10-8(12)4-7(11)9(13)15-10/h4-6H,1-3H3,(H,14,15). The molecule has 0 spiro atoms. The lowest BCUT2D eigenvalue weighted by molar-refractivity contribution is 0.463. The fraction of sp³-hybridized carbons (Fsp3) is 0.500. The molecule has 0 aliphatic rings. The zero-order valence-electron chi connectivity index (χ0n) is 8.81. The van der Waals surface area contributed by atoms with Crippen molar-refractivity contribution in [1.82, 2.24) is 4.98 Å². The van der Waals surface area contributed by atoms with Crippen molar-refractivity contribution in [3.8, 4) is 0 Å². The third-order valence-corrected chi connectivity index (χ3v) is 2.25. The molecular weight excluding hydrogens is 205 g/mol. The van der Waals surface area contributed by atoms with Crippen molar-refractivity contribution in [1.29, 1.82) is 0 Å². The Hall–Kier alpha value is -1.26. The number of pyridine rings is 1. The van der Waals surface area contributed by atoms with Gasteiger partial charge in [0.2, 0.25) is 0 Å². The first kappa shape index (κ1) is 11.8. The van der Waals surface area contributed by atoms with E-state index >= 15 is 0 Å². The van der Waals surface area contributed by atoms with Gasteiger partial charge in [-0.25, -0.2) is 8.78 Å². The molecule has 1 unspecified atom stereocenters. The fourth-order valence-corrected chi connectivity index (χ4v) is 0.928. The van der Waals surface area contributed by atoms with E-state index in [0.717, 1.165) is 0 Å². The highest BCUT2D eigenvalue weighted by Gasteiger charge is 2.14. The number of aromatic nitrogens is 1. The van der Waals surface area contributed by atoms with E-state index in [1.54, 1.807) is 0 Å². The Morgan fingerprint density at radius 2 is 1.73 bits per heavy atom. The van der Waals surface area contributed by atoms with Gasteiger partial charge in [0.25, 0.3) is 5.95 Å². The van der Waals surface area contributed by atoms with Crippen molar-refractivity contribution in [3.63, 3.8) is 0 Å². The van der Waals surface area contributed by atoms with Gasteiger partial charge in [0.1, 0.15) is 0 Å². The minimum atomic E-state index is -1.30. The maximum atomic E-state index is 13.1. The molecule has 0 fully saturated rings. The lowest BCUT2D eigenvalue weighted by atomic mass is 10.1. The molecule has 84 valence electrons. The van der Waals surface area contributed by atoms with Crippen LogP contribution in [0.15, 0.2) is 6.07 Å².